The highest BCUT2D eigenvalue weighted by Gasteiger charge is 2.20. The predicted octanol–water partition coefficient (Wildman–Crippen LogP) is 6.80. The Morgan fingerprint density at radius 1 is 1.16 bits per heavy atom. The summed E-state index contributed by atoms with van der Waals surface area (Å²) in [7, 11) is 0. The van der Waals surface area contributed by atoms with Crippen molar-refractivity contribution in [2.75, 3.05) is 17.6 Å². The number of carbonyl (C=O) groups excluding carboxylic acids is 1. The predicted molar refractivity (Wildman–Crippen MR) is 128 cm³/mol. The number of ether oxygens (including phenoxy) is 1. The fourth-order valence-corrected chi connectivity index (χ4v) is 4.09. The monoisotopic (exact) mass is 440 g/mol. The van der Waals surface area contributed by atoms with Gasteiger partial charge in [-0.15, -0.1) is 11.8 Å². The lowest BCUT2D eigenvalue weighted by Crippen LogP contribution is -2.24. The standard InChI is InChI=1S/C25H29FN2O2S/c1-16-17(2)28-23-19(16)10-8-12-22(23)31-15-18(26)13-14-27-21-11-7-6-9-20(21)24(29)30-25(3,4)5/h6-13,27-28H,14-15H2,1-5H3/b18-13-. The van der Waals surface area contributed by atoms with Crippen molar-refractivity contribution in [3.05, 3.63) is 71.2 Å². The van der Waals surface area contributed by atoms with E-state index in [2.05, 4.69) is 23.3 Å². The normalized spacial score (nSPS) is 12.3. The van der Waals surface area contributed by atoms with Crippen LogP contribution in [0.2, 0.25) is 0 Å². The molecule has 6 heteroatoms. The van der Waals surface area contributed by atoms with Crippen molar-refractivity contribution in [2.24, 2.45) is 0 Å². The number of hydrogen-bond donors (Lipinski definition) is 2. The SMILES string of the molecule is Cc1[nH]c2c(SC/C(F)=C/CNc3ccccc3C(=O)OC(C)(C)C)cccc2c1C. The number of nitrogens with one attached hydrogen (secondary N) is 2. The number of fused-ring (bicyclic) bond motifs is 1. The first kappa shape index (κ1) is 22.9. The minimum Gasteiger partial charge on any atom is -0.456 e. The van der Waals surface area contributed by atoms with Gasteiger partial charge in [0.15, 0.2) is 0 Å². The molecule has 0 saturated heterocycles. The average molecular weight is 441 g/mol. The van der Waals surface area contributed by atoms with Crippen LogP contribution >= 0.6 is 11.8 Å². The van der Waals surface area contributed by atoms with Crippen molar-refractivity contribution in [2.45, 2.75) is 45.1 Å². The van der Waals surface area contributed by atoms with Gasteiger partial charge in [0.2, 0.25) is 0 Å². The van der Waals surface area contributed by atoms with E-state index in [1.807, 2.05) is 45.9 Å². The van der Waals surface area contributed by atoms with E-state index in [-0.39, 0.29) is 18.1 Å². The van der Waals surface area contributed by atoms with Crippen molar-refractivity contribution in [3.63, 3.8) is 0 Å². The van der Waals surface area contributed by atoms with E-state index in [1.54, 1.807) is 18.2 Å². The first-order chi connectivity index (χ1) is 14.7. The molecule has 3 aromatic rings. The summed E-state index contributed by atoms with van der Waals surface area (Å²) in [6.45, 7) is 9.89. The molecule has 2 N–H and O–H groups in total. The van der Waals surface area contributed by atoms with E-state index in [0.717, 1.165) is 16.1 Å². The number of benzene rings is 2. The summed E-state index contributed by atoms with van der Waals surface area (Å²) in [6, 6.07) is 13.2. The molecule has 4 nitrogen and oxygen atoms in total. The average Bonchev–Trinajstić information content (AvgIpc) is 3.00. The van der Waals surface area contributed by atoms with Gasteiger partial charge in [-0.2, -0.15) is 0 Å². The second-order valence-electron chi connectivity index (χ2n) is 8.42. The van der Waals surface area contributed by atoms with Gasteiger partial charge in [0.05, 0.1) is 11.1 Å². The second-order valence-corrected chi connectivity index (χ2v) is 9.44. The first-order valence-corrected chi connectivity index (χ1v) is 11.3. The maximum Gasteiger partial charge on any atom is 0.340 e. The highest BCUT2D eigenvalue weighted by molar-refractivity contribution is 7.99. The first-order valence-electron chi connectivity index (χ1n) is 10.3. The molecule has 0 aliphatic rings. The molecule has 0 fully saturated rings. The van der Waals surface area contributed by atoms with Gasteiger partial charge >= 0.3 is 5.97 Å². The van der Waals surface area contributed by atoms with Crippen molar-refractivity contribution >= 4 is 34.3 Å². The van der Waals surface area contributed by atoms with Gasteiger partial charge in [0.25, 0.3) is 0 Å². The van der Waals surface area contributed by atoms with Gasteiger partial charge in [-0.25, -0.2) is 9.18 Å². The Labute approximate surface area is 187 Å². The molecule has 0 radical (unpaired) electrons. The number of thioether (sulfide) groups is 1. The molecule has 1 heterocycles. The number of aromatic nitrogens is 1. The van der Waals surface area contributed by atoms with Gasteiger partial charge in [-0.3, -0.25) is 0 Å². The number of esters is 1. The molecular formula is C25H29FN2O2S. The maximum absolute atomic E-state index is 14.5. The number of H-pyrrole nitrogens is 1. The summed E-state index contributed by atoms with van der Waals surface area (Å²) >= 11 is 1.46. The molecule has 2 aromatic carbocycles. The number of halogens is 1. The van der Waals surface area contributed by atoms with Crippen LogP contribution in [0, 0.1) is 13.8 Å². The van der Waals surface area contributed by atoms with Crippen LogP contribution in [0.1, 0.15) is 42.4 Å². The van der Waals surface area contributed by atoms with Crippen LogP contribution in [0.3, 0.4) is 0 Å². The van der Waals surface area contributed by atoms with Gasteiger partial charge < -0.3 is 15.0 Å². The van der Waals surface area contributed by atoms with Gasteiger partial charge in [0.1, 0.15) is 11.4 Å². The molecule has 1 aromatic heterocycles. The molecule has 164 valence electrons. The fourth-order valence-electron chi connectivity index (χ4n) is 3.20. The molecule has 0 amide bonds. The number of aryl methyl sites for hydroxylation is 2. The molecule has 0 aliphatic heterocycles. The van der Waals surface area contributed by atoms with Crippen LogP contribution in [0.4, 0.5) is 10.1 Å². The number of hydrogen-bond acceptors (Lipinski definition) is 4. The molecule has 0 bridgehead atoms. The Hall–Kier alpha value is -2.73. The number of para-hydroxylation sites is 2. The van der Waals surface area contributed by atoms with E-state index in [1.165, 1.54) is 28.8 Å². The number of anilines is 1. The van der Waals surface area contributed by atoms with E-state index in [9.17, 15) is 9.18 Å². The zero-order valence-electron chi connectivity index (χ0n) is 18.6. The van der Waals surface area contributed by atoms with Crippen molar-refractivity contribution in [3.8, 4) is 0 Å². The molecule has 0 atom stereocenters. The van der Waals surface area contributed by atoms with E-state index < -0.39 is 11.6 Å². The zero-order chi connectivity index (χ0) is 22.6. The molecule has 31 heavy (non-hydrogen) atoms. The minimum absolute atomic E-state index is 0.218. The third-order valence-corrected chi connectivity index (χ3v) is 5.90. The molecule has 0 saturated carbocycles. The van der Waals surface area contributed by atoms with Crippen LogP contribution in [0.15, 0.2) is 59.3 Å². The summed E-state index contributed by atoms with van der Waals surface area (Å²) in [6.07, 6.45) is 1.50. The fraction of sp³-hybridized carbons (Fsp3) is 0.320. The van der Waals surface area contributed by atoms with Crippen LogP contribution in [0.25, 0.3) is 10.9 Å². The zero-order valence-corrected chi connectivity index (χ0v) is 19.5. The molecule has 0 spiro atoms. The van der Waals surface area contributed by atoms with E-state index in [4.69, 9.17) is 4.74 Å². The van der Waals surface area contributed by atoms with E-state index in [0.29, 0.717) is 11.3 Å². The smallest absolute Gasteiger partial charge is 0.340 e. The third kappa shape index (κ3) is 5.91. The van der Waals surface area contributed by atoms with Crippen molar-refractivity contribution in [1.82, 2.24) is 4.98 Å². The van der Waals surface area contributed by atoms with Gasteiger partial charge in [-0.05, 0) is 64.5 Å². The summed E-state index contributed by atoms with van der Waals surface area (Å²) in [5, 5.41) is 4.29. The summed E-state index contributed by atoms with van der Waals surface area (Å²) in [5.74, 6) is -0.379. The second kappa shape index (κ2) is 9.60. The Balaban J connectivity index is 1.61. The van der Waals surface area contributed by atoms with Crippen LogP contribution < -0.4 is 5.32 Å². The minimum atomic E-state index is -0.577. The number of aromatic amines is 1. The third-order valence-electron chi connectivity index (χ3n) is 4.83. The Bertz CT molecular complexity index is 1110. The quantitative estimate of drug-likeness (QED) is 0.313. The largest absolute Gasteiger partial charge is 0.456 e. The molecule has 0 unspecified atom stereocenters. The topological polar surface area (TPSA) is 54.1 Å². The molecular weight excluding hydrogens is 411 g/mol. The summed E-state index contributed by atoms with van der Waals surface area (Å²) in [5.41, 5.74) is 3.89. The summed E-state index contributed by atoms with van der Waals surface area (Å²) in [4.78, 5) is 16.8. The number of rotatable bonds is 7. The Morgan fingerprint density at radius 2 is 1.90 bits per heavy atom. The summed E-state index contributed by atoms with van der Waals surface area (Å²) < 4.78 is 19.9. The van der Waals surface area contributed by atoms with Crippen molar-refractivity contribution in [1.29, 1.82) is 0 Å². The highest BCUT2D eigenvalue weighted by atomic mass is 32.2. The van der Waals surface area contributed by atoms with Crippen molar-refractivity contribution < 1.29 is 13.9 Å². The lowest BCUT2D eigenvalue weighted by Gasteiger charge is -2.20. The molecule has 0 aliphatic carbocycles. The van der Waals surface area contributed by atoms with E-state index >= 15 is 0 Å². The Morgan fingerprint density at radius 3 is 2.65 bits per heavy atom. The van der Waals surface area contributed by atoms with Crippen LogP contribution in [-0.4, -0.2) is 28.9 Å². The van der Waals surface area contributed by atoms with Gasteiger partial charge in [-0.1, -0.05) is 24.3 Å². The van der Waals surface area contributed by atoms with Crippen LogP contribution in [-0.2, 0) is 4.74 Å². The maximum atomic E-state index is 14.5. The lowest BCUT2D eigenvalue weighted by molar-refractivity contribution is 0.00707. The Kier molecular flexibility index (Phi) is 7.11. The molecule has 3 rings (SSSR count). The van der Waals surface area contributed by atoms with Gasteiger partial charge in [0, 0.05) is 34.0 Å². The van der Waals surface area contributed by atoms with Crippen LogP contribution in [0.5, 0.6) is 0 Å². The number of carbonyl (C=O) groups is 1. The highest BCUT2D eigenvalue weighted by Crippen LogP contribution is 2.31. The lowest BCUT2D eigenvalue weighted by atomic mass is 10.1.